The highest BCUT2D eigenvalue weighted by Gasteiger charge is 2.26. The van der Waals surface area contributed by atoms with Gasteiger partial charge in [-0.2, -0.15) is 0 Å². The lowest BCUT2D eigenvalue weighted by Crippen LogP contribution is -2.17. The second-order valence-electron chi connectivity index (χ2n) is 6.03. The fourth-order valence-electron chi connectivity index (χ4n) is 3.14. The number of carbonyl (C=O) groups excluding carboxylic acids is 1. The molecule has 0 atom stereocenters. The van der Waals surface area contributed by atoms with Crippen molar-refractivity contribution in [3.63, 3.8) is 0 Å². The van der Waals surface area contributed by atoms with Crippen LogP contribution in [0.15, 0.2) is 65.3 Å². The molecule has 0 aliphatic carbocycles. The van der Waals surface area contributed by atoms with Crippen LogP contribution in [-0.4, -0.2) is 24.8 Å². The lowest BCUT2D eigenvalue weighted by molar-refractivity contribution is -0.136. The summed E-state index contributed by atoms with van der Waals surface area (Å²) in [5.41, 5.74) is 4.17. The number of anilines is 1. The van der Waals surface area contributed by atoms with Gasteiger partial charge in [0.1, 0.15) is 5.71 Å². The van der Waals surface area contributed by atoms with E-state index in [1.807, 2.05) is 48.5 Å². The van der Waals surface area contributed by atoms with E-state index in [2.05, 4.69) is 22.2 Å². The Labute approximate surface area is 141 Å². The molecule has 4 nitrogen and oxygen atoms in total. The van der Waals surface area contributed by atoms with E-state index in [1.165, 1.54) is 18.5 Å². The predicted molar refractivity (Wildman–Crippen MR) is 94.9 cm³/mol. The third-order valence-electron chi connectivity index (χ3n) is 4.42. The van der Waals surface area contributed by atoms with Gasteiger partial charge in [0.05, 0.1) is 5.57 Å². The number of nitrogens with zero attached hydrogens (tertiary/aromatic N) is 2. The van der Waals surface area contributed by atoms with Crippen molar-refractivity contribution in [2.45, 2.75) is 12.8 Å². The molecule has 120 valence electrons. The van der Waals surface area contributed by atoms with Gasteiger partial charge < -0.3 is 9.74 Å². The molecule has 0 bridgehead atoms. The fourth-order valence-corrected chi connectivity index (χ4v) is 3.14. The number of hydrogen-bond acceptors (Lipinski definition) is 4. The van der Waals surface area contributed by atoms with Crippen molar-refractivity contribution >= 4 is 23.4 Å². The van der Waals surface area contributed by atoms with Gasteiger partial charge >= 0.3 is 5.97 Å². The van der Waals surface area contributed by atoms with Crippen molar-refractivity contribution in [2.75, 3.05) is 18.0 Å². The second-order valence-corrected chi connectivity index (χ2v) is 6.03. The molecule has 2 aliphatic heterocycles. The third-order valence-corrected chi connectivity index (χ3v) is 4.42. The first-order valence-corrected chi connectivity index (χ1v) is 8.23. The number of rotatable bonds is 3. The van der Waals surface area contributed by atoms with Crippen LogP contribution >= 0.6 is 0 Å². The van der Waals surface area contributed by atoms with E-state index in [-0.39, 0.29) is 0 Å². The molecule has 0 spiro atoms. The fraction of sp³-hybridized carbons (Fsp3) is 0.200. The van der Waals surface area contributed by atoms with Gasteiger partial charge in [-0.15, -0.1) is 0 Å². The summed E-state index contributed by atoms with van der Waals surface area (Å²) >= 11 is 0. The molecule has 24 heavy (non-hydrogen) atoms. The second kappa shape index (κ2) is 6.32. The van der Waals surface area contributed by atoms with Crippen LogP contribution < -0.4 is 4.90 Å². The Morgan fingerprint density at radius 1 is 0.958 bits per heavy atom. The van der Waals surface area contributed by atoms with E-state index >= 15 is 0 Å². The van der Waals surface area contributed by atoms with Gasteiger partial charge in [0, 0.05) is 24.3 Å². The molecule has 2 aromatic carbocycles. The molecule has 0 amide bonds. The minimum Gasteiger partial charge on any atom is -0.372 e. The minimum absolute atomic E-state index is 0.405. The topological polar surface area (TPSA) is 41.9 Å². The van der Waals surface area contributed by atoms with E-state index in [4.69, 9.17) is 4.84 Å². The van der Waals surface area contributed by atoms with Crippen molar-refractivity contribution in [1.29, 1.82) is 0 Å². The van der Waals surface area contributed by atoms with Gasteiger partial charge in [-0.1, -0.05) is 47.6 Å². The lowest BCUT2D eigenvalue weighted by atomic mass is 10.0. The molecule has 0 N–H and O–H groups in total. The summed E-state index contributed by atoms with van der Waals surface area (Å²) < 4.78 is 0. The zero-order chi connectivity index (χ0) is 16.4. The Morgan fingerprint density at radius 3 is 2.38 bits per heavy atom. The zero-order valence-corrected chi connectivity index (χ0v) is 13.3. The van der Waals surface area contributed by atoms with Crippen molar-refractivity contribution in [3.05, 3.63) is 71.3 Å². The quantitative estimate of drug-likeness (QED) is 0.641. The first-order chi connectivity index (χ1) is 11.8. The Bertz CT molecular complexity index is 801. The average Bonchev–Trinajstić information content (AvgIpc) is 3.28. The summed E-state index contributed by atoms with van der Waals surface area (Å²) in [6.07, 6.45) is 4.36. The van der Waals surface area contributed by atoms with Gasteiger partial charge in [-0.05, 0) is 36.6 Å². The molecule has 0 unspecified atom stereocenters. The Balaban J connectivity index is 1.61. The van der Waals surface area contributed by atoms with E-state index in [0.29, 0.717) is 11.3 Å². The highest BCUT2D eigenvalue weighted by Crippen LogP contribution is 2.24. The number of carbonyl (C=O) groups is 1. The molecule has 1 saturated heterocycles. The molecule has 1 fully saturated rings. The van der Waals surface area contributed by atoms with E-state index < -0.39 is 5.97 Å². The van der Waals surface area contributed by atoms with Crippen LogP contribution in [0.1, 0.15) is 24.0 Å². The van der Waals surface area contributed by atoms with Crippen LogP contribution in [0, 0.1) is 0 Å². The minimum atomic E-state index is -0.405. The number of oxime groups is 1. The SMILES string of the molecule is O=C1ON=C(c2ccccc2)C1=Cc1ccc(N2CCCC2)cc1. The number of hydrogen-bond donors (Lipinski definition) is 0. The van der Waals surface area contributed by atoms with Gasteiger partial charge in [-0.25, -0.2) is 4.79 Å². The molecular formula is C20H18N2O2. The first kappa shape index (κ1) is 14.7. The van der Waals surface area contributed by atoms with Gasteiger partial charge in [0.25, 0.3) is 0 Å². The van der Waals surface area contributed by atoms with E-state index in [0.717, 1.165) is 24.2 Å². The Morgan fingerprint density at radius 2 is 1.67 bits per heavy atom. The van der Waals surface area contributed by atoms with Gasteiger partial charge in [0.2, 0.25) is 0 Å². The van der Waals surface area contributed by atoms with Crippen LogP contribution in [-0.2, 0) is 9.63 Å². The molecule has 2 heterocycles. The van der Waals surface area contributed by atoms with E-state index in [9.17, 15) is 4.79 Å². The normalized spacial score (nSPS) is 18.8. The Hall–Kier alpha value is -2.88. The van der Waals surface area contributed by atoms with Crippen LogP contribution in [0.5, 0.6) is 0 Å². The highest BCUT2D eigenvalue weighted by atomic mass is 16.7. The van der Waals surface area contributed by atoms with Crippen LogP contribution in [0.4, 0.5) is 5.69 Å². The summed E-state index contributed by atoms with van der Waals surface area (Å²) in [4.78, 5) is 19.3. The summed E-state index contributed by atoms with van der Waals surface area (Å²) in [5, 5.41) is 3.94. The summed E-state index contributed by atoms with van der Waals surface area (Å²) in [6.45, 7) is 2.25. The molecule has 0 radical (unpaired) electrons. The van der Waals surface area contributed by atoms with Gasteiger partial charge in [0.15, 0.2) is 0 Å². The van der Waals surface area contributed by atoms with Crippen molar-refractivity contribution < 1.29 is 9.63 Å². The maximum absolute atomic E-state index is 12.0. The van der Waals surface area contributed by atoms with Gasteiger partial charge in [-0.3, -0.25) is 0 Å². The van der Waals surface area contributed by atoms with Crippen LogP contribution in [0.2, 0.25) is 0 Å². The highest BCUT2D eigenvalue weighted by molar-refractivity contribution is 6.31. The monoisotopic (exact) mass is 318 g/mol. The molecule has 0 saturated carbocycles. The van der Waals surface area contributed by atoms with Crippen LogP contribution in [0.25, 0.3) is 6.08 Å². The van der Waals surface area contributed by atoms with Crippen molar-refractivity contribution in [2.24, 2.45) is 5.16 Å². The van der Waals surface area contributed by atoms with Crippen LogP contribution in [0.3, 0.4) is 0 Å². The maximum Gasteiger partial charge on any atom is 0.368 e. The molecule has 2 aromatic rings. The summed E-state index contributed by atoms with van der Waals surface area (Å²) in [6, 6.07) is 17.9. The average molecular weight is 318 g/mol. The first-order valence-electron chi connectivity index (χ1n) is 8.23. The molecular weight excluding hydrogens is 300 g/mol. The molecule has 2 aliphatic rings. The lowest BCUT2D eigenvalue weighted by Gasteiger charge is -2.17. The summed E-state index contributed by atoms with van der Waals surface area (Å²) in [7, 11) is 0. The molecule has 0 aromatic heterocycles. The van der Waals surface area contributed by atoms with Crippen molar-refractivity contribution in [1.82, 2.24) is 0 Å². The summed E-state index contributed by atoms with van der Waals surface area (Å²) in [5.74, 6) is -0.405. The number of benzene rings is 2. The maximum atomic E-state index is 12.0. The van der Waals surface area contributed by atoms with E-state index in [1.54, 1.807) is 0 Å². The standard InChI is InChI=1S/C20H18N2O2/c23-20-18(19(21-24-20)16-6-2-1-3-7-16)14-15-8-10-17(11-9-15)22-12-4-5-13-22/h1-3,6-11,14H,4-5,12-13H2. The Kier molecular flexibility index (Phi) is 3.87. The largest absolute Gasteiger partial charge is 0.372 e. The predicted octanol–water partition coefficient (Wildman–Crippen LogP) is 3.63. The third kappa shape index (κ3) is 2.83. The molecule has 4 heteroatoms. The zero-order valence-electron chi connectivity index (χ0n) is 13.3. The van der Waals surface area contributed by atoms with Crippen molar-refractivity contribution in [3.8, 4) is 0 Å². The molecule has 4 rings (SSSR count). The smallest absolute Gasteiger partial charge is 0.368 e.